The van der Waals surface area contributed by atoms with Crippen LogP contribution in [-0.4, -0.2) is 24.2 Å². The van der Waals surface area contributed by atoms with Gasteiger partial charge in [0, 0.05) is 25.7 Å². The summed E-state index contributed by atoms with van der Waals surface area (Å²) in [5.74, 6) is -0.833. The van der Waals surface area contributed by atoms with Crippen molar-refractivity contribution in [3.05, 3.63) is 66.2 Å². The molecule has 0 aliphatic carbocycles. The van der Waals surface area contributed by atoms with Crippen LogP contribution in [0.15, 0.2) is 60.7 Å². The third-order valence-corrected chi connectivity index (χ3v) is 3.58. The Kier molecular flexibility index (Phi) is 9.26. The number of rotatable bonds is 1. The second kappa shape index (κ2) is 11.2. The van der Waals surface area contributed by atoms with Crippen molar-refractivity contribution in [3.63, 3.8) is 0 Å². The average molecular weight is 367 g/mol. The van der Waals surface area contributed by atoms with Crippen molar-refractivity contribution in [3.8, 4) is 0 Å². The first-order valence-corrected chi connectivity index (χ1v) is 8.42. The molecule has 2 aromatic rings. The Morgan fingerprint density at radius 2 is 1.31 bits per heavy atom. The number of hydrogen-bond acceptors (Lipinski definition) is 2. The van der Waals surface area contributed by atoms with E-state index in [-0.39, 0.29) is 0 Å². The molecule has 1 fully saturated rings. The van der Waals surface area contributed by atoms with Crippen LogP contribution in [-0.2, 0) is 11.0 Å². The second-order valence-electron chi connectivity index (χ2n) is 5.77. The maximum Gasteiger partial charge on any atom is 0.416 e. The number of carbonyl (C=O) groups is 1. The summed E-state index contributed by atoms with van der Waals surface area (Å²) in [4.78, 5) is 11.5. The van der Waals surface area contributed by atoms with Crippen molar-refractivity contribution in [1.29, 1.82) is 0 Å². The van der Waals surface area contributed by atoms with E-state index >= 15 is 0 Å². The van der Waals surface area contributed by atoms with Crippen LogP contribution < -0.4 is 4.90 Å². The maximum absolute atomic E-state index is 11.8. The van der Waals surface area contributed by atoms with Crippen molar-refractivity contribution in [2.75, 3.05) is 18.0 Å². The van der Waals surface area contributed by atoms with Gasteiger partial charge in [0.15, 0.2) is 0 Å². The number of anilines is 1. The predicted octanol–water partition coefficient (Wildman–Crippen LogP) is 5.47. The molecule has 0 amide bonds. The molecule has 0 atom stereocenters. The molecule has 0 unspecified atom stereocenters. The summed E-state index contributed by atoms with van der Waals surface area (Å²) in [7, 11) is 0. The predicted molar refractivity (Wildman–Crippen MR) is 97.3 cm³/mol. The highest BCUT2D eigenvalue weighted by molar-refractivity contribution is 5.62. The molecule has 142 valence electrons. The Hall–Kier alpha value is -2.50. The molecular weight excluding hydrogens is 343 g/mol. The highest BCUT2D eigenvalue weighted by Crippen LogP contribution is 2.28. The standard InChI is InChI=1S/C11H15N.C7H5F3.C2H4O2/c1-3-7-11(8-4-1)12-9-5-2-6-10-12;8-7(9,10)6-4-2-1-3-5-6;1-2(3)4/h1,3-4,7-8H,2,5-6,9-10H2;1-5H;1H3,(H,3,4). The molecule has 3 nitrogen and oxygen atoms in total. The van der Waals surface area contributed by atoms with Gasteiger partial charge in [-0.1, -0.05) is 48.5 Å². The van der Waals surface area contributed by atoms with Crippen molar-refractivity contribution in [1.82, 2.24) is 0 Å². The number of para-hydroxylation sites is 1. The van der Waals surface area contributed by atoms with E-state index in [4.69, 9.17) is 9.90 Å². The fourth-order valence-electron chi connectivity index (χ4n) is 2.42. The third-order valence-electron chi connectivity index (χ3n) is 3.58. The lowest BCUT2D eigenvalue weighted by atomic mass is 10.1. The van der Waals surface area contributed by atoms with E-state index in [2.05, 4.69) is 35.2 Å². The highest BCUT2D eigenvalue weighted by atomic mass is 19.4. The van der Waals surface area contributed by atoms with Crippen LogP contribution in [0, 0.1) is 0 Å². The van der Waals surface area contributed by atoms with Gasteiger partial charge in [0.05, 0.1) is 5.56 Å². The molecule has 1 saturated heterocycles. The monoisotopic (exact) mass is 367 g/mol. The number of benzene rings is 2. The third kappa shape index (κ3) is 9.11. The molecule has 3 rings (SSSR count). The summed E-state index contributed by atoms with van der Waals surface area (Å²) in [5.41, 5.74) is 0.784. The lowest BCUT2D eigenvalue weighted by molar-refractivity contribution is -0.137. The molecule has 1 N–H and O–H groups in total. The minimum Gasteiger partial charge on any atom is -0.481 e. The number of halogens is 3. The number of nitrogens with zero attached hydrogens (tertiary/aromatic N) is 1. The molecule has 1 aliphatic rings. The van der Waals surface area contributed by atoms with Crippen LogP contribution in [0.4, 0.5) is 18.9 Å². The lowest BCUT2D eigenvalue weighted by Crippen LogP contribution is -2.29. The number of alkyl halides is 3. The zero-order valence-corrected chi connectivity index (χ0v) is 14.7. The molecule has 0 bridgehead atoms. The quantitative estimate of drug-likeness (QED) is 0.726. The van der Waals surface area contributed by atoms with Crippen molar-refractivity contribution >= 4 is 11.7 Å². The van der Waals surface area contributed by atoms with Crippen LogP contribution >= 0.6 is 0 Å². The molecule has 0 spiro atoms. The van der Waals surface area contributed by atoms with E-state index in [1.807, 2.05) is 0 Å². The fraction of sp³-hybridized carbons (Fsp3) is 0.350. The van der Waals surface area contributed by atoms with Gasteiger partial charge in [-0.25, -0.2) is 0 Å². The average Bonchev–Trinajstić information content (AvgIpc) is 2.63. The summed E-state index contributed by atoms with van der Waals surface area (Å²) in [6.07, 6.45) is -0.0889. The number of hydrogen-bond donors (Lipinski definition) is 1. The molecule has 2 aromatic carbocycles. The smallest absolute Gasteiger partial charge is 0.416 e. The van der Waals surface area contributed by atoms with Gasteiger partial charge in [0.2, 0.25) is 0 Å². The van der Waals surface area contributed by atoms with Crippen LogP contribution in [0.5, 0.6) is 0 Å². The zero-order chi connectivity index (χ0) is 19.4. The summed E-state index contributed by atoms with van der Waals surface area (Å²) in [5, 5.41) is 7.42. The topological polar surface area (TPSA) is 40.5 Å². The van der Waals surface area contributed by atoms with Crippen molar-refractivity contribution in [2.24, 2.45) is 0 Å². The van der Waals surface area contributed by atoms with Gasteiger partial charge in [-0.2, -0.15) is 13.2 Å². The zero-order valence-electron chi connectivity index (χ0n) is 14.7. The summed E-state index contributed by atoms with van der Waals surface area (Å²) in [6.45, 7) is 3.56. The van der Waals surface area contributed by atoms with E-state index in [9.17, 15) is 13.2 Å². The van der Waals surface area contributed by atoms with Gasteiger partial charge in [-0.15, -0.1) is 0 Å². The van der Waals surface area contributed by atoms with E-state index < -0.39 is 17.7 Å². The molecule has 1 aliphatic heterocycles. The van der Waals surface area contributed by atoms with Crippen LogP contribution in [0.2, 0.25) is 0 Å². The summed E-state index contributed by atoms with van der Waals surface area (Å²) in [6, 6.07) is 17.1. The number of piperidine rings is 1. The highest BCUT2D eigenvalue weighted by Gasteiger charge is 2.29. The Labute approximate surface area is 152 Å². The Morgan fingerprint density at radius 1 is 0.885 bits per heavy atom. The Morgan fingerprint density at radius 3 is 1.69 bits per heavy atom. The number of carboxylic acid groups (broad SMARTS) is 1. The van der Waals surface area contributed by atoms with Gasteiger partial charge < -0.3 is 10.0 Å². The summed E-state index contributed by atoms with van der Waals surface area (Å²) < 4.78 is 35.4. The molecule has 0 radical (unpaired) electrons. The van der Waals surface area contributed by atoms with Crippen LogP contribution in [0.1, 0.15) is 31.7 Å². The molecule has 6 heteroatoms. The Balaban J connectivity index is 0.000000220. The molecule has 0 aromatic heterocycles. The molecular formula is C20H24F3NO2. The van der Waals surface area contributed by atoms with Crippen molar-refractivity contribution in [2.45, 2.75) is 32.4 Å². The van der Waals surface area contributed by atoms with E-state index in [0.717, 1.165) is 19.1 Å². The minimum absolute atomic E-state index is 0.602. The second-order valence-corrected chi connectivity index (χ2v) is 5.77. The SMILES string of the molecule is CC(=O)O.FC(F)(F)c1ccccc1.c1ccc(N2CCCCC2)cc1. The van der Waals surface area contributed by atoms with E-state index in [1.54, 1.807) is 6.07 Å². The molecule has 26 heavy (non-hydrogen) atoms. The molecule has 0 saturated carbocycles. The van der Waals surface area contributed by atoms with Gasteiger partial charge in [0.1, 0.15) is 0 Å². The normalized spacial score (nSPS) is 13.6. The Bertz CT molecular complexity index is 621. The number of aliphatic carboxylic acids is 1. The summed E-state index contributed by atoms with van der Waals surface area (Å²) >= 11 is 0. The van der Waals surface area contributed by atoms with E-state index in [1.165, 1.54) is 50.2 Å². The van der Waals surface area contributed by atoms with Crippen LogP contribution in [0.25, 0.3) is 0 Å². The van der Waals surface area contributed by atoms with Crippen molar-refractivity contribution < 1.29 is 23.1 Å². The van der Waals surface area contributed by atoms with Gasteiger partial charge in [-0.3, -0.25) is 4.79 Å². The molecule has 1 heterocycles. The van der Waals surface area contributed by atoms with Gasteiger partial charge in [0.25, 0.3) is 5.97 Å². The van der Waals surface area contributed by atoms with Crippen LogP contribution in [0.3, 0.4) is 0 Å². The number of carboxylic acids is 1. The maximum atomic E-state index is 11.8. The van der Waals surface area contributed by atoms with Gasteiger partial charge >= 0.3 is 6.18 Å². The van der Waals surface area contributed by atoms with E-state index in [0.29, 0.717) is 0 Å². The first-order valence-electron chi connectivity index (χ1n) is 8.42. The lowest BCUT2D eigenvalue weighted by Gasteiger charge is -2.28. The van der Waals surface area contributed by atoms with Gasteiger partial charge in [-0.05, 0) is 31.4 Å². The fourth-order valence-corrected chi connectivity index (χ4v) is 2.42. The minimum atomic E-state index is -4.21. The largest absolute Gasteiger partial charge is 0.481 e. The first-order chi connectivity index (χ1) is 12.3. The first kappa shape index (κ1) is 21.5.